The third-order valence-corrected chi connectivity index (χ3v) is 2.15. The molecule has 0 saturated heterocycles. The Kier molecular flexibility index (Phi) is 2.84. The van der Waals surface area contributed by atoms with Crippen molar-refractivity contribution in [2.75, 3.05) is 6.61 Å². The number of hydrogen-bond acceptors (Lipinski definition) is 2. The van der Waals surface area contributed by atoms with Crippen LogP contribution < -0.4 is 4.74 Å². The molecule has 1 heterocycles. The predicted molar refractivity (Wildman–Crippen MR) is 61.0 cm³/mol. The van der Waals surface area contributed by atoms with Gasteiger partial charge in [0.05, 0.1) is 0 Å². The second-order valence-corrected chi connectivity index (χ2v) is 3.19. The molecule has 78 valence electrons. The highest BCUT2D eigenvalue weighted by Gasteiger charge is 2.17. The molecular formula is C13H10NO2+. The first kappa shape index (κ1) is 10.2. The Balaban J connectivity index is 2.64. The fourth-order valence-corrected chi connectivity index (χ4v) is 1.45. The predicted octanol–water partition coefficient (Wildman–Crippen LogP) is 3.15. The molecule has 0 spiro atoms. The van der Waals surface area contributed by atoms with Gasteiger partial charge in [0.15, 0.2) is 11.3 Å². The maximum absolute atomic E-state index is 8.96. The maximum atomic E-state index is 8.96. The topological polar surface area (TPSA) is 44.3 Å². The molecule has 0 N–H and O–H groups in total. The first-order chi connectivity index (χ1) is 7.86. The average molecular weight is 212 g/mol. The molecule has 2 aromatic rings. The zero-order chi connectivity index (χ0) is 11.4. The lowest BCUT2D eigenvalue weighted by atomic mass is 10.1. The van der Waals surface area contributed by atoms with Crippen LogP contribution in [0.4, 0.5) is 0 Å². The molecule has 0 aliphatic carbocycles. The Morgan fingerprint density at radius 2 is 2.25 bits per heavy atom. The van der Waals surface area contributed by atoms with Crippen molar-refractivity contribution in [3.05, 3.63) is 48.7 Å². The molecule has 0 amide bonds. The van der Waals surface area contributed by atoms with E-state index in [4.69, 9.17) is 14.4 Å². The normalized spacial score (nSPS) is 9.69. The summed E-state index contributed by atoms with van der Waals surface area (Å²) >= 11 is 0. The fraction of sp³-hybridized carbons (Fsp3) is 0.0769. The summed E-state index contributed by atoms with van der Waals surface area (Å²) in [5.74, 6) is 0.546. The van der Waals surface area contributed by atoms with E-state index in [1.165, 1.54) is 6.26 Å². The summed E-state index contributed by atoms with van der Waals surface area (Å²) in [6.45, 7) is 3.94. The largest absolute Gasteiger partial charge is 0.487 e. The number of benzene rings is 1. The molecule has 3 nitrogen and oxygen atoms in total. The minimum absolute atomic E-state index is 0.364. The van der Waals surface area contributed by atoms with Crippen molar-refractivity contribution in [2.45, 2.75) is 0 Å². The fourth-order valence-electron chi connectivity index (χ4n) is 1.45. The third-order valence-electron chi connectivity index (χ3n) is 2.15. The monoisotopic (exact) mass is 212 g/mol. The molecule has 0 unspecified atom stereocenters. The van der Waals surface area contributed by atoms with Gasteiger partial charge in [-0.2, -0.15) is 5.26 Å². The van der Waals surface area contributed by atoms with Gasteiger partial charge >= 0.3 is 11.8 Å². The standard InChI is InChI=1S/C13H10NO2/c1-2-7-15-13-10(8-14)9-16-12-6-4-3-5-11(12)13/h2-6,9H,1,7H2/q+1. The molecule has 1 aromatic heterocycles. The van der Waals surface area contributed by atoms with E-state index in [2.05, 4.69) is 6.58 Å². The van der Waals surface area contributed by atoms with E-state index in [1.807, 2.05) is 30.3 Å². The van der Waals surface area contributed by atoms with Crippen LogP contribution in [0, 0.1) is 11.3 Å². The van der Waals surface area contributed by atoms with E-state index in [-0.39, 0.29) is 0 Å². The SMILES string of the molecule is C=CCOc1c(C#N)c[o+]c2ccccc12. The van der Waals surface area contributed by atoms with E-state index < -0.39 is 0 Å². The molecular weight excluding hydrogens is 202 g/mol. The minimum Gasteiger partial charge on any atom is -0.487 e. The van der Waals surface area contributed by atoms with Gasteiger partial charge in [-0.25, -0.2) is 4.42 Å². The molecule has 0 saturated carbocycles. The van der Waals surface area contributed by atoms with Crippen LogP contribution in [0.25, 0.3) is 11.0 Å². The number of ether oxygens (including phenoxy) is 1. The molecule has 3 heteroatoms. The van der Waals surface area contributed by atoms with Gasteiger partial charge in [0.25, 0.3) is 0 Å². The third kappa shape index (κ3) is 1.73. The molecule has 0 aliphatic heterocycles. The highest BCUT2D eigenvalue weighted by molar-refractivity contribution is 5.85. The van der Waals surface area contributed by atoms with Crippen LogP contribution in [0.15, 0.2) is 47.6 Å². The van der Waals surface area contributed by atoms with Crippen LogP contribution in [0.3, 0.4) is 0 Å². The van der Waals surface area contributed by atoms with Crippen LogP contribution >= 0.6 is 0 Å². The summed E-state index contributed by atoms with van der Waals surface area (Å²) in [5, 5.41) is 9.76. The number of hydrogen-bond donors (Lipinski definition) is 0. The van der Waals surface area contributed by atoms with Gasteiger partial charge in [-0.05, 0) is 6.07 Å². The van der Waals surface area contributed by atoms with E-state index in [0.29, 0.717) is 23.5 Å². The number of nitrogens with zero attached hydrogens (tertiary/aromatic N) is 1. The van der Waals surface area contributed by atoms with Gasteiger partial charge < -0.3 is 4.74 Å². The van der Waals surface area contributed by atoms with Crippen LogP contribution in [-0.4, -0.2) is 6.61 Å². The lowest BCUT2D eigenvalue weighted by Gasteiger charge is -2.03. The highest BCUT2D eigenvalue weighted by Crippen LogP contribution is 2.29. The number of fused-ring (bicyclic) bond motifs is 1. The summed E-state index contributed by atoms with van der Waals surface area (Å²) in [6, 6.07) is 9.48. The van der Waals surface area contributed by atoms with Crippen molar-refractivity contribution >= 4 is 11.0 Å². The van der Waals surface area contributed by atoms with Gasteiger partial charge in [-0.15, -0.1) is 0 Å². The second-order valence-electron chi connectivity index (χ2n) is 3.19. The van der Waals surface area contributed by atoms with Crippen molar-refractivity contribution in [3.8, 4) is 11.8 Å². The van der Waals surface area contributed by atoms with E-state index >= 15 is 0 Å². The van der Waals surface area contributed by atoms with Crippen LogP contribution in [-0.2, 0) is 0 Å². The molecule has 1 aromatic carbocycles. The van der Waals surface area contributed by atoms with Gasteiger partial charge in [0.1, 0.15) is 18.1 Å². The van der Waals surface area contributed by atoms with Gasteiger partial charge in [-0.3, -0.25) is 0 Å². The Labute approximate surface area is 93.2 Å². The molecule has 2 rings (SSSR count). The summed E-state index contributed by atoms with van der Waals surface area (Å²) < 4.78 is 10.8. The molecule has 0 fully saturated rings. The Morgan fingerprint density at radius 1 is 1.44 bits per heavy atom. The maximum Gasteiger partial charge on any atom is 0.363 e. The Hall–Kier alpha value is -2.34. The van der Waals surface area contributed by atoms with Gasteiger partial charge in [-0.1, -0.05) is 24.8 Å². The minimum atomic E-state index is 0.364. The Bertz CT molecular complexity index is 570. The van der Waals surface area contributed by atoms with Crippen LogP contribution in [0.5, 0.6) is 5.75 Å². The van der Waals surface area contributed by atoms with Gasteiger partial charge in [0.2, 0.25) is 0 Å². The number of nitriles is 1. The summed E-state index contributed by atoms with van der Waals surface area (Å²) in [4.78, 5) is 0. The Morgan fingerprint density at radius 3 is 3.00 bits per heavy atom. The van der Waals surface area contributed by atoms with Crippen molar-refractivity contribution in [2.24, 2.45) is 0 Å². The lowest BCUT2D eigenvalue weighted by molar-refractivity contribution is 0.363. The molecule has 0 radical (unpaired) electrons. The van der Waals surface area contributed by atoms with Crippen molar-refractivity contribution < 1.29 is 9.15 Å². The first-order valence-electron chi connectivity index (χ1n) is 4.84. The lowest BCUT2D eigenvalue weighted by Crippen LogP contribution is -1.96. The summed E-state index contributed by atoms with van der Waals surface area (Å²) in [7, 11) is 0. The van der Waals surface area contributed by atoms with Crippen LogP contribution in [0.1, 0.15) is 5.56 Å². The van der Waals surface area contributed by atoms with Crippen molar-refractivity contribution in [1.29, 1.82) is 5.26 Å². The van der Waals surface area contributed by atoms with Crippen molar-refractivity contribution in [1.82, 2.24) is 0 Å². The zero-order valence-corrected chi connectivity index (χ0v) is 8.64. The zero-order valence-electron chi connectivity index (χ0n) is 8.64. The summed E-state index contributed by atoms with van der Waals surface area (Å²) in [5.41, 5.74) is 1.08. The van der Waals surface area contributed by atoms with E-state index in [0.717, 1.165) is 5.39 Å². The number of rotatable bonds is 3. The smallest absolute Gasteiger partial charge is 0.363 e. The molecule has 0 bridgehead atoms. The van der Waals surface area contributed by atoms with Crippen molar-refractivity contribution in [3.63, 3.8) is 0 Å². The number of para-hydroxylation sites is 1. The second kappa shape index (κ2) is 4.45. The molecule has 0 atom stereocenters. The van der Waals surface area contributed by atoms with Crippen LogP contribution in [0.2, 0.25) is 0 Å². The molecule has 16 heavy (non-hydrogen) atoms. The molecule has 0 aliphatic rings. The first-order valence-corrected chi connectivity index (χ1v) is 4.84. The van der Waals surface area contributed by atoms with E-state index in [1.54, 1.807) is 6.08 Å². The van der Waals surface area contributed by atoms with Gasteiger partial charge in [0, 0.05) is 6.07 Å². The van der Waals surface area contributed by atoms with E-state index in [9.17, 15) is 0 Å². The average Bonchev–Trinajstić information content (AvgIpc) is 2.35. The quantitative estimate of drug-likeness (QED) is 0.579. The highest BCUT2D eigenvalue weighted by atomic mass is 16.5. The summed E-state index contributed by atoms with van der Waals surface area (Å²) in [6.07, 6.45) is 3.04.